The van der Waals surface area contributed by atoms with Crippen LogP contribution >= 0.6 is 11.3 Å². The van der Waals surface area contributed by atoms with Gasteiger partial charge in [0.05, 0.1) is 17.3 Å². The van der Waals surface area contributed by atoms with Crippen molar-refractivity contribution in [2.45, 2.75) is 24.1 Å². The highest BCUT2D eigenvalue weighted by molar-refractivity contribution is 7.91. The highest BCUT2D eigenvalue weighted by atomic mass is 32.2. The van der Waals surface area contributed by atoms with E-state index in [0.717, 1.165) is 11.3 Å². The summed E-state index contributed by atoms with van der Waals surface area (Å²) in [6.07, 6.45) is 2.61. The molecule has 1 aliphatic rings. The molecule has 0 radical (unpaired) electrons. The Kier molecular flexibility index (Phi) is 7.25. The molecule has 12 nitrogen and oxygen atoms in total. The zero-order valence-corrected chi connectivity index (χ0v) is 20.8. The van der Waals surface area contributed by atoms with Crippen LogP contribution in [0.4, 0.5) is 10.9 Å². The topological polar surface area (TPSA) is 158 Å². The Hall–Kier alpha value is -3.20. The summed E-state index contributed by atoms with van der Waals surface area (Å²) in [6, 6.07) is 4.90. The van der Waals surface area contributed by atoms with Crippen molar-refractivity contribution in [1.29, 1.82) is 0 Å². The van der Waals surface area contributed by atoms with Gasteiger partial charge in [-0.05, 0) is 19.1 Å². The predicted molar refractivity (Wildman–Crippen MR) is 131 cm³/mol. The quantitative estimate of drug-likeness (QED) is 0.399. The second kappa shape index (κ2) is 10.2. The number of aromatic nitrogens is 3. The van der Waals surface area contributed by atoms with Gasteiger partial charge in [-0.1, -0.05) is 17.4 Å². The summed E-state index contributed by atoms with van der Waals surface area (Å²) in [5, 5.41) is 16.1. The number of aromatic carboxylic acids is 1. The molecular weight excluding hydrogens is 494 g/mol. The Morgan fingerprint density at radius 2 is 1.91 bits per heavy atom. The van der Waals surface area contributed by atoms with Crippen molar-refractivity contribution in [3.63, 3.8) is 0 Å². The normalized spacial score (nSPS) is 16.2. The van der Waals surface area contributed by atoms with E-state index >= 15 is 0 Å². The first-order chi connectivity index (χ1) is 16.6. The fourth-order valence-corrected chi connectivity index (χ4v) is 6.56. The first-order valence-electron chi connectivity index (χ1n) is 10.8. The van der Waals surface area contributed by atoms with E-state index in [1.165, 1.54) is 29.8 Å². The molecule has 0 saturated carbocycles. The molecule has 3 heterocycles. The average molecular weight is 520 g/mol. The molecule has 3 N–H and O–H groups in total. The molecule has 14 heteroatoms. The Labute approximate surface area is 206 Å². The van der Waals surface area contributed by atoms with Crippen LogP contribution in [-0.2, 0) is 14.8 Å². The summed E-state index contributed by atoms with van der Waals surface area (Å²) in [6.45, 7) is 5.74. The van der Waals surface area contributed by atoms with Crippen LogP contribution in [0.3, 0.4) is 0 Å². The second-order valence-corrected chi connectivity index (χ2v) is 11.3. The number of benzene rings is 1. The molecule has 1 aliphatic heterocycles. The monoisotopic (exact) mass is 519 g/mol. The number of hydrogen-bond donors (Lipinski definition) is 3. The number of carbonyl (C=O) groups is 2. The molecule has 0 spiro atoms. The first-order valence-corrected chi connectivity index (χ1v) is 13.1. The molecule has 4 rings (SSSR count). The molecule has 186 valence electrons. The van der Waals surface area contributed by atoms with Gasteiger partial charge in [0.25, 0.3) is 10.0 Å². The highest BCUT2D eigenvalue weighted by Gasteiger charge is 2.30. The van der Waals surface area contributed by atoms with Crippen molar-refractivity contribution in [3.05, 3.63) is 36.3 Å². The fraction of sp³-hybridized carbons (Fsp3) is 0.381. The summed E-state index contributed by atoms with van der Waals surface area (Å²) in [7, 11) is -3.68. The van der Waals surface area contributed by atoms with Crippen LogP contribution in [0.5, 0.6) is 0 Å². The SMILES string of the molecule is CC(=O)Nc1ncc(S(=O)(=O)N2CCN(CC(C)Nc3ncnc4c(C(=O)O)cccc34)CC2)s1. The van der Waals surface area contributed by atoms with Crippen molar-refractivity contribution in [3.8, 4) is 0 Å². The van der Waals surface area contributed by atoms with Crippen LogP contribution in [0.1, 0.15) is 24.2 Å². The molecule has 1 atom stereocenters. The van der Waals surface area contributed by atoms with Crippen LogP contribution < -0.4 is 10.6 Å². The molecule has 35 heavy (non-hydrogen) atoms. The van der Waals surface area contributed by atoms with Gasteiger partial charge in [-0.25, -0.2) is 28.2 Å². The lowest BCUT2D eigenvalue weighted by atomic mass is 10.1. The Morgan fingerprint density at radius 1 is 1.17 bits per heavy atom. The van der Waals surface area contributed by atoms with Crippen LogP contribution in [0.25, 0.3) is 10.9 Å². The van der Waals surface area contributed by atoms with Gasteiger partial charge in [-0.3, -0.25) is 9.69 Å². The predicted octanol–water partition coefficient (Wildman–Crippen LogP) is 1.55. The molecule has 2 aromatic heterocycles. The molecule has 1 fully saturated rings. The number of nitrogens with one attached hydrogen (secondary N) is 2. The number of nitrogens with zero attached hydrogens (tertiary/aromatic N) is 5. The molecule has 0 aliphatic carbocycles. The minimum Gasteiger partial charge on any atom is -0.478 e. The smallest absolute Gasteiger partial charge is 0.337 e. The van der Waals surface area contributed by atoms with Crippen molar-refractivity contribution in [2.24, 2.45) is 0 Å². The summed E-state index contributed by atoms with van der Waals surface area (Å²) >= 11 is 0.933. The molecular formula is C21H25N7O5S2. The van der Waals surface area contributed by atoms with E-state index in [1.54, 1.807) is 12.1 Å². The van der Waals surface area contributed by atoms with Crippen LogP contribution in [-0.4, -0.2) is 88.3 Å². The molecule has 3 aromatic rings. The number of para-hydroxylation sites is 1. The van der Waals surface area contributed by atoms with E-state index in [0.29, 0.717) is 49.4 Å². The number of carboxylic acid groups (broad SMARTS) is 1. The van der Waals surface area contributed by atoms with Crippen LogP contribution in [0, 0.1) is 0 Å². The van der Waals surface area contributed by atoms with E-state index < -0.39 is 16.0 Å². The standard InChI is InChI=1S/C21H25N7O5S2/c1-13(25-19-15-4-3-5-16(20(30)31)18(15)23-12-24-19)11-27-6-8-28(9-7-27)35(32,33)17-10-22-21(34-17)26-14(2)29/h3-5,10,12-13H,6-9,11H2,1-2H3,(H,30,31)(H,22,26,29)(H,23,24,25). The lowest BCUT2D eigenvalue weighted by Gasteiger charge is -2.35. The van der Waals surface area contributed by atoms with E-state index in [1.807, 2.05) is 6.92 Å². The van der Waals surface area contributed by atoms with Gasteiger partial charge < -0.3 is 15.7 Å². The number of anilines is 2. The van der Waals surface area contributed by atoms with Gasteiger partial charge >= 0.3 is 5.97 Å². The third-order valence-electron chi connectivity index (χ3n) is 5.50. The Balaban J connectivity index is 1.36. The first kappa shape index (κ1) is 24.9. The highest BCUT2D eigenvalue weighted by Crippen LogP contribution is 2.27. The number of fused-ring (bicyclic) bond motifs is 1. The van der Waals surface area contributed by atoms with Crippen molar-refractivity contribution in [1.82, 2.24) is 24.2 Å². The maximum absolute atomic E-state index is 13.0. The van der Waals surface area contributed by atoms with E-state index in [4.69, 9.17) is 0 Å². The maximum atomic E-state index is 13.0. The van der Waals surface area contributed by atoms with Crippen molar-refractivity contribution < 1.29 is 23.1 Å². The van der Waals surface area contributed by atoms with E-state index in [9.17, 15) is 23.1 Å². The van der Waals surface area contributed by atoms with Crippen LogP contribution in [0.15, 0.2) is 34.9 Å². The number of amides is 1. The average Bonchev–Trinajstić information content (AvgIpc) is 3.28. The number of piperazine rings is 1. The Morgan fingerprint density at radius 3 is 2.60 bits per heavy atom. The second-order valence-electron chi connectivity index (χ2n) is 8.14. The van der Waals surface area contributed by atoms with Gasteiger partial charge in [0, 0.05) is 51.1 Å². The number of sulfonamides is 1. The molecule has 1 saturated heterocycles. The molecule has 1 amide bonds. The zero-order chi connectivity index (χ0) is 25.2. The summed E-state index contributed by atoms with van der Waals surface area (Å²) in [5.74, 6) is -0.810. The number of carbonyl (C=O) groups excluding carboxylic acids is 1. The van der Waals surface area contributed by atoms with E-state index in [2.05, 4.69) is 30.5 Å². The fourth-order valence-electron chi connectivity index (χ4n) is 3.91. The lowest BCUT2D eigenvalue weighted by molar-refractivity contribution is -0.114. The minimum atomic E-state index is -3.68. The van der Waals surface area contributed by atoms with Crippen molar-refractivity contribution in [2.75, 3.05) is 43.4 Å². The van der Waals surface area contributed by atoms with Gasteiger partial charge in [0.2, 0.25) is 5.91 Å². The van der Waals surface area contributed by atoms with Gasteiger partial charge in [-0.2, -0.15) is 4.31 Å². The number of thiazole rings is 1. The minimum absolute atomic E-state index is 0.0357. The number of hydrogen-bond acceptors (Lipinski definition) is 10. The van der Waals surface area contributed by atoms with Crippen molar-refractivity contribution >= 4 is 55.1 Å². The third kappa shape index (κ3) is 5.56. The third-order valence-corrected chi connectivity index (χ3v) is 8.75. The lowest BCUT2D eigenvalue weighted by Crippen LogP contribution is -2.50. The summed E-state index contributed by atoms with van der Waals surface area (Å²) in [5.41, 5.74) is 0.483. The summed E-state index contributed by atoms with van der Waals surface area (Å²) < 4.78 is 27.4. The number of carboxylic acids is 1. The number of rotatable bonds is 8. The largest absolute Gasteiger partial charge is 0.478 e. The van der Waals surface area contributed by atoms with Gasteiger partial charge in [0.1, 0.15) is 12.1 Å². The molecule has 0 bridgehead atoms. The Bertz CT molecular complexity index is 1350. The van der Waals surface area contributed by atoms with E-state index in [-0.39, 0.29) is 26.9 Å². The molecule has 1 aromatic carbocycles. The maximum Gasteiger partial charge on any atom is 0.337 e. The molecule has 1 unspecified atom stereocenters. The van der Waals surface area contributed by atoms with Gasteiger partial charge in [-0.15, -0.1) is 0 Å². The van der Waals surface area contributed by atoms with Crippen LogP contribution in [0.2, 0.25) is 0 Å². The summed E-state index contributed by atoms with van der Waals surface area (Å²) in [4.78, 5) is 37.2. The zero-order valence-electron chi connectivity index (χ0n) is 19.1. The van der Waals surface area contributed by atoms with Gasteiger partial charge in [0.15, 0.2) is 9.34 Å².